The Morgan fingerprint density at radius 3 is 3.00 bits per heavy atom. The standard InChI is InChI=1S/C10H10ClFN4O/c11-7-3-1-4-8(12)9(7)10(17)14-5-2-6-15-16-13/h1,3-4H,2,5-6H2,(H,14,17). The van der Waals surface area contributed by atoms with Gasteiger partial charge in [-0.15, -0.1) is 0 Å². The van der Waals surface area contributed by atoms with Gasteiger partial charge in [-0.25, -0.2) is 4.39 Å². The molecule has 0 saturated carbocycles. The van der Waals surface area contributed by atoms with Crippen molar-refractivity contribution < 1.29 is 9.18 Å². The molecule has 0 radical (unpaired) electrons. The highest BCUT2D eigenvalue weighted by molar-refractivity contribution is 6.33. The van der Waals surface area contributed by atoms with E-state index in [4.69, 9.17) is 17.1 Å². The molecule has 0 spiro atoms. The molecule has 0 aliphatic carbocycles. The Morgan fingerprint density at radius 2 is 2.35 bits per heavy atom. The zero-order chi connectivity index (χ0) is 12.7. The van der Waals surface area contributed by atoms with Gasteiger partial charge in [0.15, 0.2) is 0 Å². The van der Waals surface area contributed by atoms with Crippen LogP contribution in [0.15, 0.2) is 23.3 Å². The second-order valence-electron chi connectivity index (χ2n) is 3.16. The topological polar surface area (TPSA) is 77.9 Å². The molecule has 0 atom stereocenters. The van der Waals surface area contributed by atoms with Crippen LogP contribution in [0.5, 0.6) is 0 Å². The predicted molar refractivity (Wildman–Crippen MR) is 62.4 cm³/mol. The molecule has 1 aromatic carbocycles. The van der Waals surface area contributed by atoms with E-state index < -0.39 is 11.7 Å². The average molecular weight is 257 g/mol. The van der Waals surface area contributed by atoms with E-state index in [1.807, 2.05) is 0 Å². The number of azide groups is 1. The minimum absolute atomic E-state index is 0.0672. The molecule has 1 aromatic rings. The van der Waals surface area contributed by atoms with Gasteiger partial charge in [0.2, 0.25) is 0 Å². The number of carbonyl (C=O) groups excluding carboxylic acids is 1. The lowest BCUT2D eigenvalue weighted by molar-refractivity contribution is 0.0949. The first-order chi connectivity index (χ1) is 8.16. The number of hydrogen-bond donors (Lipinski definition) is 1. The summed E-state index contributed by atoms with van der Waals surface area (Å²) in [6.07, 6.45) is 0.488. The summed E-state index contributed by atoms with van der Waals surface area (Å²) in [5.74, 6) is -1.24. The van der Waals surface area contributed by atoms with Crippen LogP contribution in [0.1, 0.15) is 16.8 Å². The highest BCUT2D eigenvalue weighted by atomic mass is 35.5. The summed E-state index contributed by atoms with van der Waals surface area (Å²) in [6.45, 7) is 0.574. The van der Waals surface area contributed by atoms with Gasteiger partial charge in [-0.05, 0) is 24.1 Å². The van der Waals surface area contributed by atoms with Crippen LogP contribution in [-0.4, -0.2) is 19.0 Å². The summed E-state index contributed by atoms with van der Waals surface area (Å²) >= 11 is 5.72. The van der Waals surface area contributed by atoms with Crippen LogP contribution in [0.2, 0.25) is 5.02 Å². The lowest BCUT2D eigenvalue weighted by Gasteiger charge is -2.06. The molecule has 5 nitrogen and oxygen atoms in total. The van der Waals surface area contributed by atoms with Gasteiger partial charge >= 0.3 is 0 Å². The number of carbonyl (C=O) groups is 1. The van der Waals surface area contributed by atoms with Crippen molar-refractivity contribution in [3.05, 3.63) is 45.0 Å². The lowest BCUT2D eigenvalue weighted by atomic mass is 10.2. The Bertz CT molecular complexity index is 439. The first-order valence-corrected chi connectivity index (χ1v) is 5.27. The largest absolute Gasteiger partial charge is 0.352 e. The first kappa shape index (κ1) is 13.3. The van der Waals surface area contributed by atoms with Crippen molar-refractivity contribution in [2.75, 3.05) is 13.1 Å². The Labute approximate surface area is 102 Å². The van der Waals surface area contributed by atoms with Crippen molar-refractivity contribution in [3.8, 4) is 0 Å². The third kappa shape index (κ3) is 3.94. The normalized spacial score (nSPS) is 9.53. The van der Waals surface area contributed by atoms with E-state index in [-0.39, 0.29) is 17.1 Å². The van der Waals surface area contributed by atoms with Crippen LogP contribution in [0.4, 0.5) is 4.39 Å². The first-order valence-electron chi connectivity index (χ1n) is 4.90. The molecule has 1 N–H and O–H groups in total. The molecule has 0 aromatic heterocycles. The Balaban J connectivity index is 2.55. The summed E-state index contributed by atoms with van der Waals surface area (Å²) in [5, 5.41) is 5.87. The minimum atomic E-state index is -0.662. The molecule has 90 valence electrons. The molecular formula is C10H10ClFN4O. The SMILES string of the molecule is [N-]=[N+]=NCCCNC(=O)c1c(F)cccc1Cl. The molecular weight excluding hydrogens is 247 g/mol. The number of hydrogen-bond acceptors (Lipinski definition) is 2. The second-order valence-corrected chi connectivity index (χ2v) is 3.57. The molecule has 0 saturated heterocycles. The smallest absolute Gasteiger partial charge is 0.255 e. The van der Waals surface area contributed by atoms with Gasteiger partial charge in [-0.1, -0.05) is 22.8 Å². The maximum atomic E-state index is 13.3. The molecule has 17 heavy (non-hydrogen) atoms. The van der Waals surface area contributed by atoms with E-state index >= 15 is 0 Å². The predicted octanol–water partition coefficient (Wildman–Crippen LogP) is 2.91. The van der Waals surface area contributed by atoms with Crippen molar-refractivity contribution in [3.63, 3.8) is 0 Å². The average Bonchev–Trinajstić information content (AvgIpc) is 2.28. The molecule has 7 heteroatoms. The van der Waals surface area contributed by atoms with Crippen molar-refractivity contribution >= 4 is 17.5 Å². The Morgan fingerprint density at radius 1 is 1.59 bits per heavy atom. The Hall–Kier alpha value is -1.78. The van der Waals surface area contributed by atoms with Crippen LogP contribution in [0.25, 0.3) is 10.4 Å². The van der Waals surface area contributed by atoms with Crippen LogP contribution in [-0.2, 0) is 0 Å². The molecule has 0 aliphatic rings. The van der Waals surface area contributed by atoms with Gasteiger partial charge in [0.25, 0.3) is 5.91 Å². The highest BCUT2D eigenvalue weighted by Crippen LogP contribution is 2.18. The van der Waals surface area contributed by atoms with E-state index in [9.17, 15) is 9.18 Å². The molecule has 1 amide bonds. The van der Waals surface area contributed by atoms with E-state index in [1.165, 1.54) is 18.2 Å². The fourth-order valence-corrected chi connectivity index (χ4v) is 1.45. The molecule has 0 aliphatic heterocycles. The Kier molecular flexibility index (Phi) is 5.26. The molecule has 0 heterocycles. The monoisotopic (exact) mass is 256 g/mol. The van der Waals surface area contributed by atoms with Gasteiger partial charge in [0.05, 0.1) is 10.6 Å². The lowest BCUT2D eigenvalue weighted by Crippen LogP contribution is -2.26. The van der Waals surface area contributed by atoms with Gasteiger partial charge < -0.3 is 5.32 Å². The highest BCUT2D eigenvalue weighted by Gasteiger charge is 2.14. The number of halogens is 2. The van der Waals surface area contributed by atoms with Crippen LogP contribution < -0.4 is 5.32 Å². The summed E-state index contributed by atoms with van der Waals surface area (Å²) in [7, 11) is 0. The quantitative estimate of drug-likeness (QED) is 0.374. The zero-order valence-electron chi connectivity index (χ0n) is 8.86. The van der Waals surface area contributed by atoms with E-state index in [0.29, 0.717) is 13.0 Å². The fraction of sp³-hybridized carbons (Fsp3) is 0.300. The number of nitrogens with zero attached hydrogens (tertiary/aromatic N) is 3. The van der Waals surface area contributed by atoms with Gasteiger partial charge in [0, 0.05) is 18.0 Å². The molecule has 1 rings (SSSR count). The third-order valence-electron chi connectivity index (χ3n) is 1.97. The third-order valence-corrected chi connectivity index (χ3v) is 2.29. The van der Waals surface area contributed by atoms with Crippen molar-refractivity contribution in [1.29, 1.82) is 0 Å². The van der Waals surface area contributed by atoms with Crippen LogP contribution in [0.3, 0.4) is 0 Å². The van der Waals surface area contributed by atoms with Crippen molar-refractivity contribution in [1.82, 2.24) is 5.32 Å². The van der Waals surface area contributed by atoms with Crippen molar-refractivity contribution in [2.45, 2.75) is 6.42 Å². The molecule has 0 bridgehead atoms. The second kappa shape index (κ2) is 6.73. The van der Waals surface area contributed by atoms with Gasteiger partial charge in [-0.2, -0.15) is 0 Å². The van der Waals surface area contributed by atoms with Crippen LogP contribution >= 0.6 is 11.6 Å². The molecule has 0 unspecified atom stereocenters. The number of nitrogens with one attached hydrogen (secondary N) is 1. The minimum Gasteiger partial charge on any atom is -0.352 e. The van der Waals surface area contributed by atoms with E-state index in [0.717, 1.165) is 0 Å². The summed E-state index contributed by atoms with van der Waals surface area (Å²) in [6, 6.07) is 4.04. The van der Waals surface area contributed by atoms with E-state index in [2.05, 4.69) is 15.3 Å². The maximum absolute atomic E-state index is 13.3. The maximum Gasteiger partial charge on any atom is 0.255 e. The summed E-state index contributed by atoms with van der Waals surface area (Å²) in [5.41, 5.74) is 7.86. The van der Waals surface area contributed by atoms with Gasteiger partial charge in [-0.3, -0.25) is 4.79 Å². The number of rotatable bonds is 5. The fourth-order valence-electron chi connectivity index (χ4n) is 1.20. The summed E-state index contributed by atoms with van der Waals surface area (Å²) < 4.78 is 13.3. The van der Waals surface area contributed by atoms with Crippen LogP contribution in [0, 0.1) is 5.82 Å². The summed E-state index contributed by atoms with van der Waals surface area (Å²) in [4.78, 5) is 14.1. The van der Waals surface area contributed by atoms with E-state index in [1.54, 1.807) is 0 Å². The number of amides is 1. The number of benzene rings is 1. The zero-order valence-corrected chi connectivity index (χ0v) is 9.62. The van der Waals surface area contributed by atoms with Crippen molar-refractivity contribution in [2.24, 2.45) is 5.11 Å². The molecule has 0 fully saturated rings. The van der Waals surface area contributed by atoms with Gasteiger partial charge in [0.1, 0.15) is 5.82 Å².